The topological polar surface area (TPSA) is 53.1 Å². The second-order valence-corrected chi connectivity index (χ2v) is 7.33. The number of rotatable bonds is 3. The van der Waals surface area contributed by atoms with Gasteiger partial charge >= 0.3 is 0 Å². The van der Waals surface area contributed by atoms with Crippen molar-refractivity contribution in [2.45, 2.75) is 18.4 Å². The molecule has 1 aromatic rings. The molecule has 2 aliphatic heterocycles. The minimum Gasteiger partial charge on any atom is -0.363 e. The van der Waals surface area contributed by atoms with Crippen LogP contribution in [0.25, 0.3) is 0 Å². The number of morpholine rings is 1. The summed E-state index contributed by atoms with van der Waals surface area (Å²) in [5.41, 5.74) is 0.638. The number of carbonyl (C=O) groups excluding carboxylic acids is 2. The molecule has 23 heavy (non-hydrogen) atoms. The zero-order valence-corrected chi connectivity index (χ0v) is 14.5. The van der Waals surface area contributed by atoms with Crippen LogP contribution in [0.15, 0.2) is 16.8 Å². The van der Waals surface area contributed by atoms with Crippen LogP contribution < -0.4 is 4.90 Å². The Morgan fingerprint density at radius 1 is 1.39 bits per heavy atom. The number of nitrogens with zero attached hydrogens (tertiary/aromatic N) is 3. The van der Waals surface area contributed by atoms with Crippen LogP contribution in [0, 0.1) is 0 Å². The minimum absolute atomic E-state index is 0.0140. The van der Waals surface area contributed by atoms with Gasteiger partial charge in [-0.15, -0.1) is 0 Å². The van der Waals surface area contributed by atoms with Crippen molar-refractivity contribution in [1.82, 2.24) is 9.80 Å². The fourth-order valence-electron chi connectivity index (χ4n) is 3.20. The lowest BCUT2D eigenvalue weighted by molar-refractivity contribution is -0.150. The van der Waals surface area contributed by atoms with Crippen LogP contribution in [0.2, 0.25) is 0 Å². The zero-order valence-electron chi connectivity index (χ0n) is 13.7. The van der Waals surface area contributed by atoms with E-state index in [2.05, 4.69) is 0 Å². The van der Waals surface area contributed by atoms with Crippen molar-refractivity contribution in [2.75, 3.05) is 51.8 Å². The van der Waals surface area contributed by atoms with Gasteiger partial charge in [-0.1, -0.05) is 0 Å². The van der Waals surface area contributed by atoms with Gasteiger partial charge in [-0.25, -0.2) is 0 Å². The van der Waals surface area contributed by atoms with Crippen molar-refractivity contribution >= 4 is 28.8 Å². The first-order valence-corrected chi connectivity index (χ1v) is 8.82. The third-order valence-electron chi connectivity index (χ3n) is 4.55. The summed E-state index contributed by atoms with van der Waals surface area (Å²) in [5, 5.41) is 3.97. The van der Waals surface area contributed by atoms with Gasteiger partial charge in [0.2, 0.25) is 5.91 Å². The van der Waals surface area contributed by atoms with Gasteiger partial charge in [-0.05, 0) is 38.4 Å². The Bertz CT molecular complexity index is 565. The summed E-state index contributed by atoms with van der Waals surface area (Å²) in [7, 11) is 3.80. The highest BCUT2D eigenvalue weighted by atomic mass is 32.1. The Morgan fingerprint density at radius 2 is 2.13 bits per heavy atom. The summed E-state index contributed by atoms with van der Waals surface area (Å²) in [6.07, 6.45) is 1.56. The molecule has 0 bridgehead atoms. The molecular formula is C16H23N3O3S. The van der Waals surface area contributed by atoms with Crippen LogP contribution >= 0.6 is 11.3 Å². The largest absolute Gasteiger partial charge is 0.363 e. The average molecular weight is 337 g/mol. The SMILES string of the molecule is CN(C)CC(=O)N1CCC2(CC1)CN(c1ccsc1)C(=O)CO2. The molecule has 0 saturated carbocycles. The lowest BCUT2D eigenvalue weighted by Crippen LogP contribution is -2.59. The summed E-state index contributed by atoms with van der Waals surface area (Å²) in [4.78, 5) is 29.9. The van der Waals surface area contributed by atoms with Crippen molar-refractivity contribution in [3.05, 3.63) is 16.8 Å². The van der Waals surface area contributed by atoms with Gasteiger partial charge in [-0.3, -0.25) is 9.59 Å². The van der Waals surface area contributed by atoms with Crippen LogP contribution in [0.1, 0.15) is 12.8 Å². The molecule has 2 aliphatic rings. The maximum absolute atomic E-state index is 12.2. The van der Waals surface area contributed by atoms with Crippen LogP contribution in [0.5, 0.6) is 0 Å². The number of likely N-dealkylation sites (tertiary alicyclic amines) is 1. The smallest absolute Gasteiger partial charge is 0.253 e. The van der Waals surface area contributed by atoms with E-state index in [1.165, 1.54) is 0 Å². The van der Waals surface area contributed by atoms with Crippen molar-refractivity contribution in [3.63, 3.8) is 0 Å². The molecule has 3 rings (SSSR count). The predicted molar refractivity (Wildman–Crippen MR) is 89.7 cm³/mol. The molecule has 1 spiro atoms. The van der Waals surface area contributed by atoms with Gasteiger partial charge in [0.1, 0.15) is 6.61 Å². The number of amides is 2. The van der Waals surface area contributed by atoms with E-state index >= 15 is 0 Å². The number of hydrogen-bond acceptors (Lipinski definition) is 5. The number of likely N-dealkylation sites (N-methyl/N-ethyl adjacent to an activating group) is 1. The molecule has 3 heterocycles. The van der Waals surface area contributed by atoms with E-state index < -0.39 is 0 Å². The number of ether oxygens (including phenoxy) is 1. The molecule has 6 nitrogen and oxygen atoms in total. The molecule has 0 unspecified atom stereocenters. The highest BCUT2D eigenvalue weighted by Gasteiger charge is 2.43. The highest BCUT2D eigenvalue weighted by Crippen LogP contribution is 2.33. The first kappa shape index (κ1) is 16.4. The maximum atomic E-state index is 12.2. The fourth-order valence-corrected chi connectivity index (χ4v) is 3.84. The monoisotopic (exact) mass is 337 g/mol. The lowest BCUT2D eigenvalue weighted by Gasteiger charge is -2.46. The van der Waals surface area contributed by atoms with Gasteiger partial charge in [0, 0.05) is 18.5 Å². The van der Waals surface area contributed by atoms with Crippen molar-refractivity contribution in [1.29, 1.82) is 0 Å². The van der Waals surface area contributed by atoms with Gasteiger partial charge in [-0.2, -0.15) is 11.3 Å². The molecule has 0 radical (unpaired) electrons. The zero-order chi connectivity index (χ0) is 16.4. The van der Waals surface area contributed by atoms with Gasteiger partial charge in [0.25, 0.3) is 5.91 Å². The molecule has 7 heteroatoms. The van der Waals surface area contributed by atoms with Crippen LogP contribution in [0.4, 0.5) is 5.69 Å². The molecule has 1 aromatic heterocycles. The van der Waals surface area contributed by atoms with E-state index in [0.29, 0.717) is 26.2 Å². The summed E-state index contributed by atoms with van der Waals surface area (Å²) < 4.78 is 5.92. The number of carbonyl (C=O) groups is 2. The summed E-state index contributed by atoms with van der Waals surface area (Å²) >= 11 is 1.59. The van der Waals surface area contributed by atoms with Crippen molar-refractivity contribution in [2.24, 2.45) is 0 Å². The van der Waals surface area contributed by atoms with Crippen LogP contribution in [0.3, 0.4) is 0 Å². The quantitative estimate of drug-likeness (QED) is 0.827. The maximum Gasteiger partial charge on any atom is 0.253 e. The Kier molecular flexibility index (Phi) is 4.70. The molecule has 0 aromatic carbocycles. The lowest BCUT2D eigenvalue weighted by atomic mass is 9.89. The number of hydrogen-bond donors (Lipinski definition) is 0. The molecular weight excluding hydrogens is 314 g/mol. The normalized spacial score (nSPS) is 21.3. The third-order valence-corrected chi connectivity index (χ3v) is 5.22. The number of anilines is 1. The van der Waals surface area contributed by atoms with Crippen molar-refractivity contribution < 1.29 is 14.3 Å². The van der Waals surface area contributed by atoms with Gasteiger partial charge in [0.15, 0.2) is 0 Å². The molecule has 0 aliphatic carbocycles. The second kappa shape index (κ2) is 6.59. The number of piperidine rings is 1. The van der Waals surface area contributed by atoms with E-state index in [1.807, 2.05) is 45.6 Å². The average Bonchev–Trinajstić information content (AvgIpc) is 3.04. The molecule has 2 fully saturated rings. The van der Waals surface area contributed by atoms with Crippen molar-refractivity contribution in [3.8, 4) is 0 Å². The van der Waals surface area contributed by atoms with E-state index in [-0.39, 0.29) is 24.0 Å². The fraction of sp³-hybridized carbons (Fsp3) is 0.625. The first-order valence-electron chi connectivity index (χ1n) is 7.88. The Hall–Kier alpha value is -1.44. The van der Waals surface area contributed by atoms with E-state index in [1.54, 1.807) is 11.3 Å². The Balaban J connectivity index is 1.63. The Labute approximate surface area is 140 Å². The van der Waals surface area contributed by atoms with Crippen LogP contribution in [-0.4, -0.2) is 74.1 Å². The molecule has 2 amide bonds. The van der Waals surface area contributed by atoms with Gasteiger partial charge in [0.05, 0.1) is 24.4 Å². The Morgan fingerprint density at radius 3 is 2.74 bits per heavy atom. The standard InChI is InChI=1S/C16H23N3O3S/c1-17(2)9-14(20)18-6-4-16(5-7-18)12-19(15(21)10-22-16)13-3-8-23-11-13/h3,8,11H,4-7,9-10,12H2,1-2H3. The summed E-state index contributed by atoms with van der Waals surface area (Å²) in [5.74, 6) is 0.173. The van der Waals surface area contributed by atoms with Gasteiger partial charge < -0.3 is 19.4 Å². The van der Waals surface area contributed by atoms with E-state index in [9.17, 15) is 9.59 Å². The number of thiophene rings is 1. The second-order valence-electron chi connectivity index (χ2n) is 6.55. The first-order chi connectivity index (χ1) is 11.0. The van der Waals surface area contributed by atoms with Crippen LogP contribution in [-0.2, 0) is 14.3 Å². The molecule has 2 saturated heterocycles. The molecule has 126 valence electrons. The minimum atomic E-state index is -0.315. The molecule has 0 atom stereocenters. The summed E-state index contributed by atoms with van der Waals surface area (Å²) in [6.45, 7) is 2.53. The highest BCUT2D eigenvalue weighted by molar-refractivity contribution is 7.08. The third kappa shape index (κ3) is 3.57. The summed E-state index contributed by atoms with van der Waals surface area (Å²) in [6, 6.07) is 1.97. The predicted octanol–water partition coefficient (Wildman–Crippen LogP) is 1.03. The molecule has 0 N–H and O–H groups in total. The van der Waals surface area contributed by atoms with E-state index in [4.69, 9.17) is 4.74 Å². The van der Waals surface area contributed by atoms with E-state index in [0.717, 1.165) is 18.5 Å².